The Hall–Kier alpha value is -7.28. The van der Waals surface area contributed by atoms with Crippen molar-refractivity contribution in [2.75, 3.05) is 0 Å². The molecule has 0 aliphatic heterocycles. The Morgan fingerprint density at radius 2 is 0.982 bits per heavy atom. The maximum Gasteiger partial charge on any atom is 0.164 e. The number of furan rings is 1. The molecule has 0 aliphatic carbocycles. The van der Waals surface area contributed by atoms with E-state index >= 15 is 0 Å². The predicted molar refractivity (Wildman–Crippen MR) is 235 cm³/mol. The Morgan fingerprint density at radius 1 is 0.439 bits per heavy atom. The minimum atomic E-state index is 0.630. The summed E-state index contributed by atoms with van der Waals surface area (Å²) in [6.07, 6.45) is 0. The van der Waals surface area contributed by atoms with Crippen LogP contribution in [0, 0.1) is 6.92 Å². The zero-order valence-corrected chi connectivity index (χ0v) is 31.7. The molecule has 0 saturated heterocycles. The van der Waals surface area contributed by atoms with Crippen molar-refractivity contribution >= 4 is 53.6 Å². The van der Waals surface area contributed by atoms with Gasteiger partial charge in [0, 0.05) is 53.4 Å². The minimum absolute atomic E-state index is 0.630. The summed E-state index contributed by atoms with van der Waals surface area (Å²) in [7, 11) is 0. The number of para-hydroxylation sites is 1. The highest BCUT2D eigenvalue weighted by molar-refractivity contribution is 7.26. The van der Waals surface area contributed by atoms with Crippen LogP contribution in [0.3, 0.4) is 0 Å². The molecule has 11 rings (SSSR count). The van der Waals surface area contributed by atoms with Gasteiger partial charge in [-0.1, -0.05) is 146 Å². The predicted octanol–water partition coefficient (Wildman–Crippen LogP) is 13.8. The highest BCUT2D eigenvalue weighted by Gasteiger charge is 2.22. The molecule has 7 aromatic carbocycles. The number of hydrogen-bond donors (Lipinski definition) is 0. The smallest absolute Gasteiger partial charge is 0.164 e. The van der Waals surface area contributed by atoms with Crippen LogP contribution in [0.25, 0.3) is 110 Å². The molecular formula is C51H32N4OS. The van der Waals surface area contributed by atoms with E-state index in [1.54, 1.807) is 11.3 Å². The van der Waals surface area contributed by atoms with Gasteiger partial charge < -0.3 is 4.42 Å². The number of thiophene rings is 1. The molecule has 0 bridgehead atoms. The lowest BCUT2D eigenvalue weighted by molar-refractivity contribution is 0.669. The number of nitrogens with zero attached hydrogens (tertiary/aromatic N) is 4. The van der Waals surface area contributed by atoms with E-state index in [4.69, 9.17) is 24.4 Å². The maximum absolute atomic E-state index is 6.52. The van der Waals surface area contributed by atoms with Gasteiger partial charge in [0.25, 0.3) is 0 Å². The van der Waals surface area contributed by atoms with Gasteiger partial charge in [-0.2, -0.15) is 0 Å². The lowest BCUT2D eigenvalue weighted by atomic mass is 9.95. The average Bonchev–Trinajstić information content (AvgIpc) is 3.85. The van der Waals surface area contributed by atoms with Crippen molar-refractivity contribution in [2.24, 2.45) is 0 Å². The van der Waals surface area contributed by atoms with Gasteiger partial charge in [-0.3, -0.25) is 0 Å². The quantitative estimate of drug-likeness (QED) is 0.169. The zero-order valence-electron chi connectivity index (χ0n) is 30.8. The van der Waals surface area contributed by atoms with E-state index in [2.05, 4.69) is 122 Å². The lowest BCUT2D eigenvalue weighted by Gasteiger charge is -2.13. The molecule has 0 amide bonds. The first-order chi connectivity index (χ1) is 28.2. The number of aromatic nitrogens is 4. The Kier molecular flexibility index (Phi) is 7.83. The summed E-state index contributed by atoms with van der Waals surface area (Å²) in [6, 6.07) is 60.7. The van der Waals surface area contributed by atoms with Crippen LogP contribution in [0.15, 0.2) is 180 Å². The van der Waals surface area contributed by atoms with Crippen LogP contribution in [0.2, 0.25) is 0 Å². The van der Waals surface area contributed by atoms with Gasteiger partial charge in [0.05, 0.1) is 5.69 Å². The second-order valence-electron chi connectivity index (χ2n) is 14.2. The Bertz CT molecular complexity index is 3280. The highest BCUT2D eigenvalue weighted by Crippen LogP contribution is 2.45. The molecule has 0 radical (unpaired) electrons. The SMILES string of the molecule is Cc1c(-c2cccc3c2sc2ccc(-c4nc(-c5ccccc5)nc(-c5ccc(-c6ccccc6)cc5)n4)cc23)nc2c(oc3ccccc32)c1-c1ccccc1. The monoisotopic (exact) mass is 748 g/mol. The van der Waals surface area contributed by atoms with Crippen LogP contribution in [-0.4, -0.2) is 19.9 Å². The molecule has 0 atom stereocenters. The summed E-state index contributed by atoms with van der Waals surface area (Å²) in [5.74, 6) is 1.90. The van der Waals surface area contributed by atoms with Crippen LogP contribution >= 0.6 is 11.3 Å². The second kappa shape index (κ2) is 13.5. The fraction of sp³-hybridized carbons (Fsp3) is 0.0196. The Labute approximate surface area is 332 Å². The molecule has 0 aliphatic rings. The molecule has 4 heterocycles. The first-order valence-corrected chi connectivity index (χ1v) is 19.8. The fourth-order valence-electron chi connectivity index (χ4n) is 7.93. The van der Waals surface area contributed by atoms with Crippen molar-refractivity contribution < 1.29 is 4.42 Å². The Morgan fingerprint density at radius 3 is 1.70 bits per heavy atom. The third-order valence-corrected chi connectivity index (χ3v) is 12.0. The van der Waals surface area contributed by atoms with Gasteiger partial charge >= 0.3 is 0 Å². The van der Waals surface area contributed by atoms with E-state index in [0.29, 0.717) is 17.5 Å². The van der Waals surface area contributed by atoms with Crippen molar-refractivity contribution in [3.8, 4) is 67.7 Å². The van der Waals surface area contributed by atoms with Crippen molar-refractivity contribution in [1.82, 2.24) is 19.9 Å². The van der Waals surface area contributed by atoms with Crippen molar-refractivity contribution in [1.29, 1.82) is 0 Å². The summed E-state index contributed by atoms with van der Waals surface area (Å²) in [6.45, 7) is 2.17. The van der Waals surface area contributed by atoms with Gasteiger partial charge in [0.15, 0.2) is 23.1 Å². The zero-order chi connectivity index (χ0) is 37.9. The van der Waals surface area contributed by atoms with Crippen molar-refractivity contribution in [2.45, 2.75) is 6.92 Å². The molecule has 0 saturated carbocycles. The van der Waals surface area contributed by atoms with Crippen LogP contribution < -0.4 is 0 Å². The van der Waals surface area contributed by atoms with E-state index in [9.17, 15) is 0 Å². The van der Waals surface area contributed by atoms with E-state index in [1.807, 2.05) is 60.7 Å². The molecule has 57 heavy (non-hydrogen) atoms. The van der Waals surface area contributed by atoms with E-state index < -0.39 is 0 Å². The molecular weight excluding hydrogens is 717 g/mol. The Balaban J connectivity index is 1.07. The van der Waals surface area contributed by atoms with Crippen LogP contribution in [0.5, 0.6) is 0 Å². The molecule has 11 aromatic rings. The summed E-state index contributed by atoms with van der Waals surface area (Å²) in [5, 5.41) is 3.33. The molecule has 6 heteroatoms. The number of benzene rings is 7. The van der Waals surface area contributed by atoms with Gasteiger partial charge in [-0.15, -0.1) is 11.3 Å². The number of pyridine rings is 1. The largest absolute Gasteiger partial charge is 0.454 e. The van der Waals surface area contributed by atoms with E-state index in [1.165, 1.54) is 20.3 Å². The lowest BCUT2D eigenvalue weighted by Crippen LogP contribution is -2.00. The van der Waals surface area contributed by atoms with Crippen LogP contribution in [0.4, 0.5) is 0 Å². The summed E-state index contributed by atoms with van der Waals surface area (Å²) >= 11 is 1.79. The molecule has 0 unspecified atom stereocenters. The van der Waals surface area contributed by atoms with Gasteiger partial charge in [-0.25, -0.2) is 19.9 Å². The number of hydrogen-bond acceptors (Lipinski definition) is 6. The topological polar surface area (TPSA) is 64.7 Å². The molecule has 268 valence electrons. The summed E-state index contributed by atoms with van der Waals surface area (Å²) in [4.78, 5) is 20.5. The van der Waals surface area contributed by atoms with Crippen LogP contribution in [0.1, 0.15) is 5.56 Å². The molecule has 0 N–H and O–H groups in total. The van der Waals surface area contributed by atoms with Gasteiger partial charge in [-0.05, 0) is 59.5 Å². The van der Waals surface area contributed by atoms with Gasteiger partial charge in [0.1, 0.15) is 11.1 Å². The minimum Gasteiger partial charge on any atom is -0.454 e. The second-order valence-corrected chi connectivity index (χ2v) is 15.3. The number of fused-ring (bicyclic) bond motifs is 6. The first-order valence-electron chi connectivity index (χ1n) is 19.0. The molecule has 0 spiro atoms. The first kappa shape index (κ1) is 33.1. The summed E-state index contributed by atoms with van der Waals surface area (Å²) in [5.41, 5.74) is 13.0. The highest BCUT2D eigenvalue weighted by atomic mass is 32.1. The maximum atomic E-state index is 6.52. The van der Waals surface area contributed by atoms with Gasteiger partial charge in [0.2, 0.25) is 0 Å². The normalized spacial score (nSPS) is 11.6. The van der Waals surface area contributed by atoms with Crippen LogP contribution in [-0.2, 0) is 0 Å². The van der Waals surface area contributed by atoms with E-state index in [0.717, 1.165) is 77.7 Å². The van der Waals surface area contributed by atoms with E-state index in [-0.39, 0.29) is 0 Å². The molecule has 5 nitrogen and oxygen atoms in total. The standard InChI is InChI=1S/C51H32N4OS/c1-31-44(34-16-7-3-8-17-34)47-46(39-20-11-12-23-42(39)56-47)52-45(31)40-22-13-21-38-41-30-37(28-29-43(41)57-48(38)40)51-54-49(35-18-9-4-10-19-35)53-50(55-51)36-26-24-33(25-27-36)32-14-5-2-6-15-32/h2-30H,1H3. The third kappa shape index (κ3) is 5.69. The van der Waals surface area contributed by atoms with Crippen molar-refractivity contribution in [3.63, 3.8) is 0 Å². The van der Waals surface area contributed by atoms with Crippen molar-refractivity contribution in [3.05, 3.63) is 181 Å². The molecule has 0 fully saturated rings. The molecule has 4 aromatic heterocycles. The fourth-order valence-corrected chi connectivity index (χ4v) is 9.13. The average molecular weight is 749 g/mol. The summed E-state index contributed by atoms with van der Waals surface area (Å²) < 4.78 is 8.89. The number of rotatable bonds is 6. The third-order valence-electron chi connectivity index (χ3n) is 10.7.